The molecule has 0 bridgehead atoms. The molecule has 0 unspecified atom stereocenters. The van der Waals surface area contributed by atoms with Crippen LogP contribution < -0.4 is 0 Å². The summed E-state index contributed by atoms with van der Waals surface area (Å²) < 4.78 is 2.30. The predicted molar refractivity (Wildman–Crippen MR) is 183 cm³/mol. The Hall–Kier alpha value is -3.52. The maximum atomic E-state index is 11.5. The van der Waals surface area contributed by atoms with Gasteiger partial charge in [-0.3, -0.25) is 9.78 Å². The number of benzene rings is 3. The molecule has 3 aromatic carbocycles. The van der Waals surface area contributed by atoms with E-state index in [9.17, 15) is 9.90 Å². The maximum absolute atomic E-state index is 11.5. The van der Waals surface area contributed by atoms with Crippen molar-refractivity contribution in [1.29, 1.82) is 0 Å². The van der Waals surface area contributed by atoms with E-state index in [0.717, 1.165) is 35.3 Å². The molecule has 5 nitrogen and oxygen atoms in total. The Labute approximate surface area is 284 Å². The third-order valence-corrected chi connectivity index (χ3v) is 7.15. The van der Waals surface area contributed by atoms with E-state index < -0.39 is 5.41 Å². The SMILES string of the molecule is CC(C)(C)C(=O)C=C(O)C(C)(C)C.[C-]#[N+]c1cc(CC(C)C)c(-n2c(-c3[c-]cccc3)nc3ccccc32)c(CC(C)C)c1.[Ir]. The molecule has 0 aliphatic rings. The van der Waals surface area contributed by atoms with Gasteiger partial charge in [-0.05, 0) is 47.9 Å². The summed E-state index contributed by atoms with van der Waals surface area (Å²) in [5.74, 6) is 1.96. The minimum absolute atomic E-state index is 0. The van der Waals surface area contributed by atoms with Gasteiger partial charge < -0.3 is 9.67 Å². The fraction of sp³-hybridized carbons (Fsp3) is 0.410. The summed E-state index contributed by atoms with van der Waals surface area (Å²) in [5.41, 5.74) is 6.57. The van der Waals surface area contributed by atoms with E-state index in [1.807, 2.05) is 65.8 Å². The molecular formula is C39H48IrN3O2-. The zero-order valence-corrected chi connectivity index (χ0v) is 30.8. The van der Waals surface area contributed by atoms with Crippen LogP contribution in [0.5, 0.6) is 0 Å². The van der Waals surface area contributed by atoms with Crippen LogP contribution in [0.1, 0.15) is 80.4 Å². The van der Waals surface area contributed by atoms with Crippen molar-refractivity contribution in [1.82, 2.24) is 9.55 Å². The predicted octanol–water partition coefficient (Wildman–Crippen LogP) is 10.5. The molecule has 0 spiro atoms. The van der Waals surface area contributed by atoms with Gasteiger partial charge in [0.2, 0.25) is 0 Å². The van der Waals surface area contributed by atoms with Gasteiger partial charge >= 0.3 is 0 Å². The topological polar surface area (TPSA) is 59.5 Å². The van der Waals surface area contributed by atoms with E-state index in [4.69, 9.17) is 11.6 Å². The molecule has 241 valence electrons. The number of aliphatic hydroxyl groups excluding tert-OH is 1. The number of imidazole rings is 1. The van der Waals surface area contributed by atoms with Gasteiger partial charge in [0.1, 0.15) is 5.76 Å². The van der Waals surface area contributed by atoms with Crippen LogP contribution in [0.4, 0.5) is 5.69 Å². The van der Waals surface area contributed by atoms with Gasteiger partial charge in [0.05, 0.1) is 23.4 Å². The fourth-order valence-electron chi connectivity index (χ4n) is 4.81. The summed E-state index contributed by atoms with van der Waals surface area (Å²) in [5, 5.41) is 9.56. The van der Waals surface area contributed by atoms with Crippen molar-refractivity contribution in [3.8, 4) is 17.1 Å². The number of hydrogen-bond donors (Lipinski definition) is 1. The van der Waals surface area contributed by atoms with Crippen LogP contribution >= 0.6 is 0 Å². The number of carbonyl (C=O) groups is 1. The van der Waals surface area contributed by atoms with E-state index in [2.05, 4.69) is 79.6 Å². The maximum Gasteiger partial charge on any atom is 0.187 e. The average molecular weight is 783 g/mol. The van der Waals surface area contributed by atoms with Crippen molar-refractivity contribution in [3.05, 3.63) is 101 Å². The van der Waals surface area contributed by atoms with Crippen molar-refractivity contribution in [2.45, 2.75) is 82.1 Å². The number of hydrogen-bond acceptors (Lipinski definition) is 3. The van der Waals surface area contributed by atoms with Crippen molar-refractivity contribution in [2.75, 3.05) is 0 Å². The minimum Gasteiger partial charge on any atom is -0.512 e. The zero-order chi connectivity index (χ0) is 32.8. The Bertz CT molecular complexity index is 1630. The first-order valence-corrected chi connectivity index (χ1v) is 15.5. The average Bonchev–Trinajstić information content (AvgIpc) is 3.31. The summed E-state index contributed by atoms with van der Waals surface area (Å²) in [6.45, 7) is 27.7. The van der Waals surface area contributed by atoms with E-state index in [-0.39, 0.29) is 37.1 Å². The number of nitrogens with zero attached hydrogens (tertiary/aromatic N) is 3. The van der Waals surface area contributed by atoms with Gasteiger partial charge in [-0.15, -0.1) is 35.9 Å². The first-order chi connectivity index (χ1) is 20.5. The standard InChI is InChI=1S/C28H28N3.C11H20O2.Ir/c1-19(2)15-22-17-24(29-5)18-23(16-20(3)4)27(22)31-26-14-10-9-13-25(26)30-28(31)21-11-7-6-8-12-21;1-10(2,3)8(12)7-9(13)11(4,5)6;/h6-11,13-14,17-20H,15-16H2,1-4H3;7,12H,1-6H3;/q-1;;. The summed E-state index contributed by atoms with van der Waals surface area (Å²) >= 11 is 0. The zero-order valence-electron chi connectivity index (χ0n) is 28.5. The second-order valence-corrected chi connectivity index (χ2v) is 14.3. The Morgan fingerprint density at radius 3 is 1.96 bits per heavy atom. The molecule has 0 aliphatic carbocycles. The molecule has 1 aromatic heterocycles. The molecule has 0 saturated carbocycles. The summed E-state index contributed by atoms with van der Waals surface area (Å²) in [7, 11) is 0. The molecule has 4 rings (SSSR count). The van der Waals surface area contributed by atoms with Gasteiger partial charge in [-0.1, -0.05) is 93.5 Å². The van der Waals surface area contributed by atoms with Crippen molar-refractivity contribution in [2.24, 2.45) is 22.7 Å². The van der Waals surface area contributed by atoms with E-state index in [1.54, 1.807) is 0 Å². The van der Waals surface area contributed by atoms with Gasteiger partial charge in [0.25, 0.3) is 0 Å². The second kappa shape index (κ2) is 15.7. The normalized spacial score (nSPS) is 12.0. The number of rotatable bonds is 7. The van der Waals surface area contributed by atoms with Crippen molar-refractivity contribution >= 4 is 22.5 Å². The Balaban J connectivity index is 0.000000430. The summed E-state index contributed by atoms with van der Waals surface area (Å²) in [6.07, 6.45) is 3.16. The molecule has 1 radical (unpaired) electrons. The van der Waals surface area contributed by atoms with E-state index in [1.165, 1.54) is 22.9 Å². The van der Waals surface area contributed by atoms with Crippen LogP contribution in [0, 0.1) is 35.3 Å². The molecule has 0 atom stereocenters. The van der Waals surface area contributed by atoms with Gasteiger partial charge in [-0.2, -0.15) is 0 Å². The molecule has 0 fully saturated rings. The number of aliphatic hydroxyl groups is 1. The van der Waals surface area contributed by atoms with Gasteiger partial charge in [-0.25, -0.2) is 4.85 Å². The third-order valence-electron chi connectivity index (χ3n) is 7.15. The van der Waals surface area contributed by atoms with Crippen LogP contribution in [-0.2, 0) is 37.7 Å². The fourth-order valence-corrected chi connectivity index (χ4v) is 4.81. The molecule has 0 saturated heterocycles. The smallest absolute Gasteiger partial charge is 0.187 e. The molecule has 0 amide bonds. The Morgan fingerprint density at radius 2 is 1.49 bits per heavy atom. The van der Waals surface area contributed by atoms with Crippen LogP contribution in [-0.4, -0.2) is 20.4 Å². The Morgan fingerprint density at radius 1 is 0.933 bits per heavy atom. The quantitative estimate of drug-likeness (QED) is 0.115. The van der Waals surface area contributed by atoms with Crippen LogP contribution in [0.3, 0.4) is 0 Å². The largest absolute Gasteiger partial charge is 0.512 e. The van der Waals surface area contributed by atoms with Crippen molar-refractivity contribution in [3.63, 3.8) is 0 Å². The van der Waals surface area contributed by atoms with Crippen LogP contribution in [0.25, 0.3) is 33.0 Å². The first-order valence-electron chi connectivity index (χ1n) is 15.5. The number of fused-ring (bicyclic) bond motifs is 1. The number of aromatic nitrogens is 2. The monoisotopic (exact) mass is 783 g/mol. The molecular weight excluding hydrogens is 735 g/mol. The molecule has 1 N–H and O–H groups in total. The van der Waals surface area contributed by atoms with Crippen LogP contribution in [0.15, 0.2) is 72.5 Å². The molecule has 45 heavy (non-hydrogen) atoms. The number of carbonyl (C=O) groups excluding carboxylic acids is 1. The minimum atomic E-state index is -0.417. The molecule has 6 heteroatoms. The number of allylic oxidation sites excluding steroid dienone is 2. The third kappa shape index (κ3) is 9.98. The number of para-hydroxylation sites is 2. The van der Waals surface area contributed by atoms with Crippen LogP contribution in [0.2, 0.25) is 0 Å². The van der Waals surface area contributed by atoms with E-state index >= 15 is 0 Å². The molecule has 0 aliphatic heterocycles. The summed E-state index contributed by atoms with van der Waals surface area (Å²) in [4.78, 5) is 20.3. The second-order valence-electron chi connectivity index (χ2n) is 14.3. The molecule has 1 heterocycles. The molecule has 4 aromatic rings. The Kier molecular flexibility index (Phi) is 13.1. The van der Waals surface area contributed by atoms with Gasteiger partial charge in [0.15, 0.2) is 11.5 Å². The first kappa shape index (κ1) is 37.7. The number of ketones is 1. The van der Waals surface area contributed by atoms with E-state index in [0.29, 0.717) is 17.5 Å². The summed E-state index contributed by atoms with van der Waals surface area (Å²) in [6, 6.07) is 23.8. The van der Waals surface area contributed by atoms with Gasteiger partial charge in [0, 0.05) is 42.7 Å². The van der Waals surface area contributed by atoms with Crippen molar-refractivity contribution < 1.29 is 30.0 Å².